The summed E-state index contributed by atoms with van der Waals surface area (Å²) >= 11 is 0. The summed E-state index contributed by atoms with van der Waals surface area (Å²) in [5.41, 5.74) is 2.03. The van der Waals surface area contributed by atoms with Crippen LogP contribution in [0.3, 0.4) is 0 Å². The van der Waals surface area contributed by atoms with E-state index in [-0.39, 0.29) is 5.91 Å². The number of rotatable bonds is 3. The lowest BCUT2D eigenvalue weighted by Crippen LogP contribution is -2.40. The highest BCUT2D eigenvalue weighted by Crippen LogP contribution is 2.29. The molecule has 0 bridgehead atoms. The predicted molar refractivity (Wildman–Crippen MR) is 96.5 cm³/mol. The number of carbonyl (C=O) groups excluding carboxylic acids is 1. The fraction of sp³-hybridized carbons (Fsp3) is 0.500. The second-order valence-corrected chi connectivity index (χ2v) is 6.72. The van der Waals surface area contributed by atoms with Gasteiger partial charge in [0.15, 0.2) is 5.76 Å². The minimum absolute atomic E-state index is 0.0948. The zero-order valence-electron chi connectivity index (χ0n) is 15.1. The SMILES string of the molecule is CN(C)c1nc(N2CCOCC2)nc2c1CN(C(=O)c1ccco1)CC2. The molecule has 0 radical (unpaired) electrons. The molecule has 8 heteroatoms. The number of amides is 1. The number of nitrogens with zero attached hydrogens (tertiary/aromatic N) is 5. The average molecular weight is 357 g/mol. The Morgan fingerprint density at radius 2 is 2.00 bits per heavy atom. The molecule has 0 aliphatic carbocycles. The number of fused-ring (bicyclic) bond motifs is 1. The van der Waals surface area contributed by atoms with Crippen molar-refractivity contribution in [1.29, 1.82) is 0 Å². The largest absolute Gasteiger partial charge is 0.459 e. The van der Waals surface area contributed by atoms with Gasteiger partial charge in [-0.2, -0.15) is 4.98 Å². The standard InChI is InChI=1S/C18H23N5O3/c1-21(2)16-13-12-23(17(24)15-4-3-9-26-15)6-5-14(13)19-18(20-16)22-7-10-25-11-8-22/h3-4,9H,5-8,10-12H2,1-2H3. The maximum absolute atomic E-state index is 12.6. The van der Waals surface area contributed by atoms with Crippen molar-refractivity contribution in [2.45, 2.75) is 13.0 Å². The van der Waals surface area contributed by atoms with E-state index in [9.17, 15) is 4.79 Å². The molecule has 0 atom stereocenters. The number of furan rings is 1. The normalized spacial score (nSPS) is 17.2. The van der Waals surface area contributed by atoms with E-state index in [2.05, 4.69) is 4.90 Å². The van der Waals surface area contributed by atoms with Gasteiger partial charge >= 0.3 is 0 Å². The molecule has 2 aromatic heterocycles. The van der Waals surface area contributed by atoms with E-state index in [4.69, 9.17) is 19.1 Å². The molecule has 2 aromatic rings. The van der Waals surface area contributed by atoms with E-state index in [0.29, 0.717) is 38.5 Å². The van der Waals surface area contributed by atoms with Crippen molar-refractivity contribution < 1.29 is 13.9 Å². The van der Waals surface area contributed by atoms with Crippen molar-refractivity contribution in [2.24, 2.45) is 0 Å². The van der Waals surface area contributed by atoms with Gasteiger partial charge in [0.2, 0.25) is 5.95 Å². The maximum atomic E-state index is 12.6. The summed E-state index contributed by atoms with van der Waals surface area (Å²) in [5.74, 6) is 1.89. The first kappa shape index (κ1) is 16.8. The number of anilines is 2. The van der Waals surface area contributed by atoms with Gasteiger partial charge in [0.05, 0.1) is 31.7 Å². The molecule has 2 aliphatic heterocycles. The van der Waals surface area contributed by atoms with Crippen LogP contribution in [-0.2, 0) is 17.7 Å². The Hall–Kier alpha value is -2.61. The van der Waals surface area contributed by atoms with Gasteiger partial charge in [0.25, 0.3) is 5.91 Å². The molecule has 0 saturated carbocycles. The van der Waals surface area contributed by atoms with Gasteiger partial charge in [0.1, 0.15) is 5.82 Å². The van der Waals surface area contributed by atoms with E-state index in [1.165, 1.54) is 6.26 Å². The van der Waals surface area contributed by atoms with Crippen LogP contribution in [0.5, 0.6) is 0 Å². The molecule has 4 rings (SSSR count). The van der Waals surface area contributed by atoms with Crippen molar-refractivity contribution in [2.75, 3.05) is 56.7 Å². The summed E-state index contributed by atoms with van der Waals surface area (Å²) in [6.07, 6.45) is 2.23. The average Bonchev–Trinajstić information content (AvgIpc) is 3.21. The molecule has 4 heterocycles. The molecule has 138 valence electrons. The lowest BCUT2D eigenvalue weighted by Gasteiger charge is -2.33. The van der Waals surface area contributed by atoms with Crippen LogP contribution in [0.1, 0.15) is 21.8 Å². The van der Waals surface area contributed by atoms with Crippen LogP contribution in [0.25, 0.3) is 0 Å². The molecular formula is C18H23N5O3. The molecule has 1 saturated heterocycles. The van der Waals surface area contributed by atoms with Crippen LogP contribution in [0.2, 0.25) is 0 Å². The first-order valence-corrected chi connectivity index (χ1v) is 8.86. The first-order chi connectivity index (χ1) is 12.6. The number of morpholine rings is 1. The molecule has 0 aromatic carbocycles. The second-order valence-electron chi connectivity index (χ2n) is 6.72. The summed E-state index contributed by atoms with van der Waals surface area (Å²) in [7, 11) is 3.94. The number of carbonyl (C=O) groups is 1. The number of hydrogen-bond acceptors (Lipinski definition) is 7. The third kappa shape index (κ3) is 3.12. The van der Waals surface area contributed by atoms with Gasteiger partial charge in [-0.15, -0.1) is 0 Å². The zero-order chi connectivity index (χ0) is 18.1. The van der Waals surface area contributed by atoms with Gasteiger partial charge < -0.3 is 23.9 Å². The molecule has 1 amide bonds. The van der Waals surface area contributed by atoms with Crippen LogP contribution >= 0.6 is 0 Å². The summed E-state index contributed by atoms with van der Waals surface area (Å²) < 4.78 is 10.7. The Balaban J connectivity index is 1.64. The molecule has 1 fully saturated rings. The van der Waals surface area contributed by atoms with E-state index in [1.54, 1.807) is 17.0 Å². The third-order valence-electron chi connectivity index (χ3n) is 4.76. The van der Waals surface area contributed by atoms with Crippen molar-refractivity contribution in [3.05, 3.63) is 35.4 Å². The van der Waals surface area contributed by atoms with Crippen LogP contribution in [0.15, 0.2) is 22.8 Å². The van der Waals surface area contributed by atoms with Crippen molar-refractivity contribution in [3.63, 3.8) is 0 Å². The Morgan fingerprint density at radius 3 is 2.69 bits per heavy atom. The minimum atomic E-state index is -0.0948. The lowest BCUT2D eigenvalue weighted by molar-refractivity contribution is 0.0701. The summed E-state index contributed by atoms with van der Waals surface area (Å²) in [6.45, 7) is 4.11. The summed E-state index contributed by atoms with van der Waals surface area (Å²) in [6, 6.07) is 3.43. The smallest absolute Gasteiger partial charge is 0.289 e. The second kappa shape index (κ2) is 6.95. The minimum Gasteiger partial charge on any atom is -0.459 e. The van der Waals surface area contributed by atoms with Gasteiger partial charge in [-0.05, 0) is 12.1 Å². The van der Waals surface area contributed by atoms with Crippen molar-refractivity contribution in [3.8, 4) is 0 Å². The fourth-order valence-electron chi connectivity index (χ4n) is 3.39. The fourth-order valence-corrected chi connectivity index (χ4v) is 3.39. The van der Waals surface area contributed by atoms with E-state index < -0.39 is 0 Å². The summed E-state index contributed by atoms with van der Waals surface area (Å²) in [4.78, 5) is 28.2. The molecular weight excluding hydrogens is 334 g/mol. The van der Waals surface area contributed by atoms with Crippen LogP contribution in [0, 0.1) is 0 Å². The van der Waals surface area contributed by atoms with Crippen LogP contribution in [-0.4, -0.2) is 67.7 Å². The van der Waals surface area contributed by atoms with Gasteiger partial charge in [-0.25, -0.2) is 4.98 Å². The monoisotopic (exact) mass is 357 g/mol. The quantitative estimate of drug-likeness (QED) is 0.816. The molecule has 0 N–H and O–H groups in total. The highest BCUT2D eigenvalue weighted by Gasteiger charge is 2.29. The van der Waals surface area contributed by atoms with E-state index in [0.717, 1.165) is 36.1 Å². The molecule has 2 aliphatic rings. The zero-order valence-corrected chi connectivity index (χ0v) is 15.1. The Kier molecular flexibility index (Phi) is 4.50. The third-order valence-corrected chi connectivity index (χ3v) is 4.76. The van der Waals surface area contributed by atoms with Crippen molar-refractivity contribution >= 4 is 17.7 Å². The highest BCUT2D eigenvalue weighted by molar-refractivity contribution is 5.91. The Morgan fingerprint density at radius 1 is 1.19 bits per heavy atom. The number of hydrogen-bond donors (Lipinski definition) is 0. The molecule has 0 unspecified atom stereocenters. The number of aromatic nitrogens is 2. The predicted octanol–water partition coefficient (Wildman–Crippen LogP) is 1.17. The maximum Gasteiger partial charge on any atom is 0.289 e. The first-order valence-electron chi connectivity index (χ1n) is 8.86. The molecule has 0 spiro atoms. The Bertz CT molecular complexity index is 784. The Labute approximate surface area is 152 Å². The van der Waals surface area contributed by atoms with Crippen LogP contribution in [0.4, 0.5) is 11.8 Å². The lowest BCUT2D eigenvalue weighted by atomic mass is 10.1. The van der Waals surface area contributed by atoms with Gasteiger partial charge in [0, 0.05) is 45.7 Å². The topological polar surface area (TPSA) is 74.9 Å². The van der Waals surface area contributed by atoms with Gasteiger partial charge in [-0.3, -0.25) is 4.79 Å². The van der Waals surface area contributed by atoms with Crippen LogP contribution < -0.4 is 9.80 Å². The highest BCUT2D eigenvalue weighted by atomic mass is 16.5. The summed E-state index contributed by atoms with van der Waals surface area (Å²) in [5, 5.41) is 0. The molecule has 26 heavy (non-hydrogen) atoms. The van der Waals surface area contributed by atoms with E-state index in [1.807, 2.05) is 19.0 Å². The van der Waals surface area contributed by atoms with Crippen molar-refractivity contribution in [1.82, 2.24) is 14.9 Å². The van der Waals surface area contributed by atoms with Gasteiger partial charge in [-0.1, -0.05) is 0 Å². The van der Waals surface area contributed by atoms with E-state index >= 15 is 0 Å². The number of ether oxygens (including phenoxy) is 1. The molecule has 8 nitrogen and oxygen atoms in total.